The van der Waals surface area contributed by atoms with Gasteiger partial charge in [0.25, 0.3) is 0 Å². The molecule has 0 fully saturated rings. The maximum atomic E-state index is 11.6. The van der Waals surface area contributed by atoms with Crippen LogP contribution in [-0.2, 0) is 11.3 Å². The highest BCUT2D eigenvalue weighted by atomic mass is 35.5. The lowest BCUT2D eigenvalue weighted by Crippen LogP contribution is -2.43. The summed E-state index contributed by atoms with van der Waals surface area (Å²) in [5.41, 5.74) is 7.68. The molecule has 0 aliphatic carbocycles. The Labute approximate surface area is 108 Å². The summed E-state index contributed by atoms with van der Waals surface area (Å²) in [5, 5.41) is 2.79. The van der Waals surface area contributed by atoms with Crippen LogP contribution in [-0.4, -0.2) is 16.9 Å². The molecule has 1 aromatic rings. The lowest BCUT2D eigenvalue weighted by molar-refractivity contribution is -0.123. The van der Waals surface area contributed by atoms with Crippen LogP contribution >= 0.6 is 12.4 Å². The first-order chi connectivity index (χ1) is 7.52. The van der Waals surface area contributed by atoms with Crippen molar-refractivity contribution in [3.63, 3.8) is 0 Å². The molecular formula is C12H20ClN3O. The van der Waals surface area contributed by atoms with E-state index < -0.39 is 6.04 Å². The lowest BCUT2D eigenvalue weighted by atomic mass is 10.1. The Hall–Kier alpha value is -1.13. The number of carbonyl (C=O) groups excluding carboxylic acids is 1. The topological polar surface area (TPSA) is 68.0 Å². The maximum Gasteiger partial charge on any atom is 0.237 e. The van der Waals surface area contributed by atoms with E-state index in [4.69, 9.17) is 5.73 Å². The van der Waals surface area contributed by atoms with Gasteiger partial charge in [0.15, 0.2) is 0 Å². The summed E-state index contributed by atoms with van der Waals surface area (Å²) in [6.07, 6.45) is 1.72. The number of rotatable bonds is 4. The van der Waals surface area contributed by atoms with Crippen LogP contribution in [0.15, 0.2) is 18.3 Å². The molecule has 1 aromatic heterocycles. The van der Waals surface area contributed by atoms with Crippen molar-refractivity contribution >= 4 is 18.3 Å². The van der Waals surface area contributed by atoms with Gasteiger partial charge in [-0.1, -0.05) is 19.9 Å². The Bertz CT molecular complexity index is 369. The van der Waals surface area contributed by atoms with Crippen LogP contribution in [0.2, 0.25) is 0 Å². The number of carbonyl (C=O) groups is 1. The van der Waals surface area contributed by atoms with Crippen molar-refractivity contribution in [2.45, 2.75) is 33.4 Å². The smallest absolute Gasteiger partial charge is 0.237 e. The molecule has 0 saturated carbocycles. The first-order valence-electron chi connectivity index (χ1n) is 5.46. The van der Waals surface area contributed by atoms with E-state index in [1.54, 1.807) is 6.20 Å². The van der Waals surface area contributed by atoms with Gasteiger partial charge < -0.3 is 11.1 Å². The number of hydrogen-bond acceptors (Lipinski definition) is 3. The number of hydrogen-bond donors (Lipinski definition) is 2. The number of halogens is 1. The summed E-state index contributed by atoms with van der Waals surface area (Å²) in [6, 6.07) is 3.39. The second kappa shape index (κ2) is 7.25. The van der Waals surface area contributed by atoms with Gasteiger partial charge in [-0.2, -0.15) is 0 Å². The molecule has 0 radical (unpaired) electrons. The standard InChI is InChI=1S/C12H19N3O.ClH/c1-8(2)11(13)12(16)15-7-10-9(3)5-4-6-14-10;/h4-6,8,11H,7,13H2,1-3H3,(H,15,16);1H/t11-;/m0./s1. The highest BCUT2D eigenvalue weighted by Gasteiger charge is 2.16. The zero-order valence-corrected chi connectivity index (χ0v) is 11.3. The molecule has 1 rings (SSSR count). The van der Waals surface area contributed by atoms with E-state index in [1.807, 2.05) is 32.9 Å². The molecule has 0 aliphatic heterocycles. The van der Waals surface area contributed by atoms with Crippen molar-refractivity contribution in [1.82, 2.24) is 10.3 Å². The Morgan fingerprint density at radius 2 is 2.18 bits per heavy atom. The molecule has 17 heavy (non-hydrogen) atoms. The van der Waals surface area contributed by atoms with Gasteiger partial charge in [0.2, 0.25) is 5.91 Å². The maximum absolute atomic E-state index is 11.6. The van der Waals surface area contributed by atoms with E-state index in [1.165, 1.54) is 0 Å². The number of nitrogens with zero attached hydrogens (tertiary/aromatic N) is 1. The molecule has 1 heterocycles. The predicted molar refractivity (Wildman–Crippen MR) is 70.9 cm³/mol. The fourth-order valence-corrected chi connectivity index (χ4v) is 1.29. The monoisotopic (exact) mass is 257 g/mol. The number of pyridine rings is 1. The molecule has 5 heteroatoms. The molecule has 0 aromatic carbocycles. The third-order valence-electron chi connectivity index (χ3n) is 2.57. The molecule has 4 nitrogen and oxygen atoms in total. The Balaban J connectivity index is 0.00000256. The van der Waals surface area contributed by atoms with Gasteiger partial charge in [-0.3, -0.25) is 9.78 Å². The van der Waals surface area contributed by atoms with E-state index in [0.29, 0.717) is 6.54 Å². The first-order valence-corrected chi connectivity index (χ1v) is 5.46. The summed E-state index contributed by atoms with van der Waals surface area (Å²) in [4.78, 5) is 15.8. The molecule has 3 N–H and O–H groups in total. The average molecular weight is 258 g/mol. The van der Waals surface area contributed by atoms with Crippen LogP contribution < -0.4 is 11.1 Å². The third kappa shape index (κ3) is 4.71. The summed E-state index contributed by atoms with van der Waals surface area (Å²) in [7, 11) is 0. The van der Waals surface area contributed by atoms with E-state index in [-0.39, 0.29) is 24.2 Å². The van der Waals surface area contributed by atoms with Crippen LogP contribution in [0.25, 0.3) is 0 Å². The highest BCUT2D eigenvalue weighted by molar-refractivity contribution is 5.85. The van der Waals surface area contributed by atoms with Crippen molar-refractivity contribution in [3.8, 4) is 0 Å². The number of nitrogens with two attached hydrogens (primary N) is 1. The number of aryl methyl sites for hydroxylation is 1. The lowest BCUT2D eigenvalue weighted by Gasteiger charge is -2.15. The summed E-state index contributed by atoms with van der Waals surface area (Å²) in [5.74, 6) is 0.0184. The number of nitrogens with one attached hydrogen (secondary N) is 1. The van der Waals surface area contributed by atoms with Crippen molar-refractivity contribution in [2.75, 3.05) is 0 Å². The van der Waals surface area contributed by atoms with E-state index >= 15 is 0 Å². The fraction of sp³-hybridized carbons (Fsp3) is 0.500. The molecule has 0 bridgehead atoms. The Morgan fingerprint density at radius 3 is 2.71 bits per heavy atom. The highest BCUT2D eigenvalue weighted by Crippen LogP contribution is 2.03. The molecule has 0 unspecified atom stereocenters. The summed E-state index contributed by atoms with van der Waals surface area (Å²) < 4.78 is 0. The van der Waals surface area contributed by atoms with Gasteiger partial charge in [-0.25, -0.2) is 0 Å². The molecule has 0 saturated heterocycles. The summed E-state index contributed by atoms with van der Waals surface area (Å²) in [6.45, 7) is 6.26. The van der Waals surface area contributed by atoms with Gasteiger partial charge in [0.1, 0.15) is 0 Å². The van der Waals surface area contributed by atoms with Crippen LogP contribution in [0.1, 0.15) is 25.1 Å². The second-order valence-electron chi connectivity index (χ2n) is 4.25. The van der Waals surface area contributed by atoms with Gasteiger partial charge in [-0.05, 0) is 24.5 Å². The minimum absolute atomic E-state index is 0. The van der Waals surface area contributed by atoms with Gasteiger partial charge in [0, 0.05) is 6.20 Å². The third-order valence-corrected chi connectivity index (χ3v) is 2.57. The van der Waals surface area contributed by atoms with Crippen molar-refractivity contribution in [1.29, 1.82) is 0 Å². The molecule has 0 spiro atoms. The summed E-state index contributed by atoms with van der Waals surface area (Å²) >= 11 is 0. The SMILES string of the molecule is Cc1cccnc1CNC(=O)[C@@H](N)C(C)C.Cl. The van der Waals surface area contributed by atoms with Crippen LogP contribution in [0.3, 0.4) is 0 Å². The van der Waals surface area contributed by atoms with Gasteiger partial charge in [0.05, 0.1) is 18.3 Å². The van der Waals surface area contributed by atoms with Crippen molar-refractivity contribution < 1.29 is 4.79 Å². The van der Waals surface area contributed by atoms with E-state index in [2.05, 4.69) is 10.3 Å². The fourth-order valence-electron chi connectivity index (χ4n) is 1.29. The van der Waals surface area contributed by atoms with E-state index in [9.17, 15) is 4.79 Å². The molecule has 1 amide bonds. The van der Waals surface area contributed by atoms with Crippen LogP contribution in [0.5, 0.6) is 0 Å². The Kier molecular flexibility index (Phi) is 6.76. The van der Waals surface area contributed by atoms with Crippen LogP contribution in [0, 0.1) is 12.8 Å². The molecule has 1 atom stereocenters. The average Bonchev–Trinajstić information content (AvgIpc) is 2.26. The quantitative estimate of drug-likeness (QED) is 0.857. The molecule has 0 aliphatic rings. The number of amides is 1. The minimum Gasteiger partial charge on any atom is -0.349 e. The van der Waals surface area contributed by atoms with Gasteiger partial charge >= 0.3 is 0 Å². The largest absolute Gasteiger partial charge is 0.349 e. The normalized spacial score (nSPS) is 11.8. The van der Waals surface area contributed by atoms with Crippen LogP contribution in [0.4, 0.5) is 0 Å². The Morgan fingerprint density at radius 1 is 1.53 bits per heavy atom. The first kappa shape index (κ1) is 15.9. The van der Waals surface area contributed by atoms with Crippen molar-refractivity contribution in [2.24, 2.45) is 11.7 Å². The second-order valence-corrected chi connectivity index (χ2v) is 4.25. The predicted octanol–water partition coefficient (Wildman–Crippen LogP) is 1.41. The minimum atomic E-state index is -0.455. The van der Waals surface area contributed by atoms with Crippen molar-refractivity contribution in [3.05, 3.63) is 29.6 Å². The zero-order chi connectivity index (χ0) is 12.1. The van der Waals surface area contributed by atoms with Gasteiger partial charge in [-0.15, -0.1) is 12.4 Å². The van der Waals surface area contributed by atoms with E-state index in [0.717, 1.165) is 11.3 Å². The zero-order valence-electron chi connectivity index (χ0n) is 10.4. The number of aromatic nitrogens is 1. The molecular weight excluding hydrogens is 238 g/mol. The molecule has 96 valence electrons.